The molecule has 1 aliphatic carbocycles. The summed E-state index contributed by atoms with van der Waals surface area (Å²) in [5, 5.41) is 4.63. The molecule has 16 heavy (non-hydrogen) atoms. The lowest BCUT2D eigenvalue weighted by Gasteiger charge is -1.96. The maximum atomic E-state index is 12.0. The topological polar surface area (TPSA) is 52.2 Å². The van der Waals surface area contributed by atoms with E-state index in [0.29, 0.717) is 29.1 Å². The number of fused-ring (bicyclic) bond motifs is 1. The van der Waals surface area contributed by atoms with Crippen LogP contribution in [0.25, 0.3) is 5.65 Å². The molecule has 0 N–H and O–H groups in total. The Bertz CT molecular complexity index is 611. The van der Waals surface area contributed by atoms with Crippen LogP contribution in [0, 0.1) is 12.8 Å². The van der Waals surface area contributed by atoms with Gasteiger partial charge in [-0.15, -0.1) is 5.10 Å². The molecule has 3 rings (SSSR count). The van der Waals surface area contributed by atoms with Crippen LogP contribution in [-0.2, 0) is 6.54 Å². The number of hydrogen-bond acceptors (Lipinski definition) is 3. The molecule has 84 valence electrons. The summed E-state index contributed by atoms with van der Waals surface area (Å²) in [6.07, 6.45) is 2.39. The standard InChI is InChI=1S/C10H11ClN4O/c1-6-12-8(11)4-9-13-14(5-7-2-3-7)10(16)15(6)9/h4,7H,2-3,5H2,1H3. The maximum absolute atomic E-state index is 12.0. The van der Waals surface area contributed by atoms with Gasteiger partial charge in [0.2, 0.25) is 0 Å². The van der Waals surface area contributed by atoms with Crippen molar-refractivity contribution in [2.45, 2.75) is 26.3 Å². The second-order valence-electron chi connectivity index (χ2n) is 4.23. The van der Waals surface area contributed by atoms with E-state index in [1.165, 1.54) is 21.9 Å². The van der Waals surface area contributed by atoms with Crippen molar-refractivity contribution in [1.82, 2.24) is 19.2 Å². The molecule has 0 atom stereocenters. The monoisotopic (exact) mass is 238 g/mol. The van der Waals surface area contributed by atoms with E-state index in [4.69, 9.17) is 11.6 Å². The molecule has 0 aromatic carbocycles. The smallest absolute Gasteiger partial charge is 0.246 e. The minimum absolute atomic E-state index is 0.122. The first kappa shape index (κ1) is 9.84. The van der Waals surface area contributed by atoms with E-state index in [-0.39, 0.29) is 5.69 Å². The van der Waals surface area contributed by atoms with Gasteiger partial charge in [-0.05, 0) is 25.7 Å². The first-order chi connectivity index (χ1) is 7.65. The van der Waals surface area contributed by atoms with Crippen molar-refractivity contribution in [3.05, 3.63) is 27.5 Å². The van der Waals surface area contributed by atoms with E-state index in [1.54, 1.807) is 13.0 Å². The van der Waals surface area contributed by atoms with Crippen LogP contribution in [0.5, 0.6) is 0 Å². The summed E-state index contributed by atoms with van der Waals surface area (Å²) < 4.78 is 3.01. The molecular weight excluding hydrogens is 228 g/mol. The lowest BCUT2D eigenvalue weighted by molar-refractivity contribution is 0.544. The zero-order valence-corrected chi connectivity index (χ0v) is 9.61. The fourth-order valence-electron chi connectivity index (χ4n) is 1.83. The predicted molar refractivity (Wildman–Crippen MR) is 59.7 cm³/mol. The number of aryl methyl sites for hydroxylation is 1. The number of hydrogen-bond donors (Lipinski definition) is 0. The van der Waals surface area contributed by atoms with Crippen LogP contribution in [0.4, 0.5) is 0 Å². The summed E-state index contributed by atoms with van der Waals surface area (Å²) in [6, 6.07) is 1.61. The van der Waals surface area contributed by atoms with E-state index in [9.17, 15) is 4.79 Å². The summed E-state index contributed by atoms with van der Waals surface area (Å²) in [6.45, 7) is 2.46. The molecule has 0 unspecified atom stereocenters. The molecule has 0 amide bonds. The molecule has 0 spiro atoms. The Labute approximate surface area is 96.7 Å². The van der Waals surface area contributed by atoms with Crippen LogP contribution in [0.1, 0.15) is 18.7 Å². The Morgan fingerprint density at radius 2 is 2.31 bits per heavy atom. The van der Waals surface area contributed by atoms with Gasteiger partial charge in [-0.1, -0.05) is 11.6 Å². The van der Waals surface area contributed by atoms with Gasteiger partial charge in [0.25, 0.3) is 0 Å². The van der Waals surface area contributed by atoms with Gasteiger partial charge in [0.05, 0.1) is 0 Å². The van der Waals surface area contributed by atoms with Gasteiger partial charge >= 0.3 is 5.69 Å². The second-order valence-corrected chi connectivity index (χ2v) is 4.61. The Morgan fingerprint density at radius 3 is 3.00 bits per heavy atom. The molecular formula is C10H11ClN4O. The molecule has 2 aromatic rings. The van der Waals surface area contributed by atoms with Crippen LogP contribution >= 0.6 is 11.6 Å². The SMILES string of the molecule is Cc1nc(Cl)cc2nn(CC3CC3)c(=O)n12. The van der Waals surface area contributed by atoms with Crippen molar-refractivity contribution < 1.29 is 0 Å². The third-order valence-electron chi connectivity index (χ3n) is 2.83. The van der Waals surface area contributed by atoms with Crippen molar-refractivity contribution in [1.29, 1.82) is 0 Å². The molecule has 1 fully saturated rings. The summed E-state index contributed by atoms with van der Waals surface area (Å²) >= 11 is 5.83. The van der Waals surface area contributed by atoms with Gasteiger partial charge in [0.15, 0.2) is 5.65 Å². The molecule has 0 bridgehead atoms. The summed E-state index contributed by atoms with van der Waals surface area (Å²) in [4.78, 5) is 16.0. The highest BCUT2D eigenvalue weighted by Crippen LogP contribution is 2.29. The highest BCUT2D eigenvalue weighted by Gasteiger charge is 2.24. The minimum Gasteiger partial charge on any atom is -0.246 e. The Kier molecular flexibility index (Phi) is 2.04. The second kappa shape index (κ2) is 3.31. The third-order valence-corrected chi connectivity index (χ3v) is 3.03. The molecule has 1 aliphatic rings. The highest BCUT2D eigenvalue weighted by atomic mass is 35.5. The van der Waals surface area contributed by atoms with Crippen LogP contribution in [0.3, 0.4) is 0 Å². The lowest BCUT2D eigenvalue weighted by atomic mass is 10.4. The molecule has 5 nitrogen and oxygen atoms in total. The number of aromatic nitrogens is 4. The van der Waals surface area contributed by atoms with E-state index >= 15 is 0 Å². The molecule has 0 aliphatic heterocycles. The largest absolute Gasteiger partial charge is 0.351 e. The van der Waals surface area contributed by atoms with E-state index in [0.717, 1.165) is 0 Å². The van der Waals surface area contributed by atoms with Gasteiger partial charge in [0, 0.05) is 12.6 Å². The Balaban J connectivity index is 2.21. The van der Waals surface area contributed by atoms with Crippen molar-refractivity contribution in [2.75, 3.05) is 0 Å². The van der Waals surface area contributed by atoms with E-state index in [2.05, 4.69) is 10.1 Å². The van der Waals surface area contributed by atoms with Gasteiger partial charge in [-0.3, -0.25) is 0 Å². The van der Waals surface area contributed by atoms with Gasteiger partial charge in [-0.2, -0.15) is 0 Å². The highest BCUT2D eigenvalue weighted by molar-refractivity contribution is 6.29. The molecule has 6 heteroatoms. The summed E-state index contributed by atoms with van der Waals surface area (Å²) in [5.74, 6) is 1.20. The van der Waals surface area contributed by atoms with Crippen molar-refractivity contribution in [2.24, 2.45) is 5.92 Å². The Morgan fingerprint density at radius 1 is 1.56 bits per heavy atom. The van der Waals surface area contributed by atoms with Crippen LogP contribution in [0.15, 0.2) is 10.9 Å². The average Bonchev–Trinajstić information content (AvgIpc) is 2.93. The fourth-order valence-corrected chi connectivity index (χ4v) is 2.05. The van der Waals surface area contributed by atoms with Gasteiger partial charge in [-0.25, -0.2) is 18.9 Å². The fraction of sp³-hybridized carbons (Fsp3) is 0.500. The predicted octanol–water partition coefficient (Wildman–Crippen LogP) is 1.26. The van der Waals surface area contributed by atoms with Crippen molar-refractivity contribution >= 4 is 17.2 Å². The summed E-state index contributed by atoms with van der Waals surface area (Å²) in [5.41, 5.74) is 0.451. The van der Waals surface area contributed by atoms with Crippen LogP contribution in [0.2, 0.25) is 5.15 Å². The molecule has 1 saturated carbocycles. The average molecular weight is 239 g/mol. The summed E-state index contributed by atoms with van der Waals surface area (Å²) in [7, 11) is 0. The lowest BCUT2D eigenvalue weighted by Crippen LogP contribution is -2.23. The molecule has 2 aromatic heterocycles. The van der Waals surface area contributed by atoms with Crippen molar-refractivity contribution in [3.8, 4) is 0 Å². The molecule has 0 saturated heterocycles. The number of halogens is 1. The van der Waals surface area contributed by atoms with Crippen LogP contribution < -0.4 is 5.69 Å². The van der Waals surface area contributed by atoms with Gasteiger partial charge < -0.3 is 0 Å². The molecule has 2 heterocycles. The molecule has 0 radical (unpaired) electrons. The minimum atomic E-state index is -0.122. The van der Waals surface area contributed by atoms with Gasteiger partial charge in [0.1, 0.15) is 11.0 Å². The normalized spacial score (nSPS) is 15.9. The Hall–Kier alpha value is -1.36. The number of nitrogens with zero attached hydrogens (tertiary/aromatic N) is 4. The third kappa shape index (κ3) is 1.51. The first-order valence-electron chi connectivity index (χ1n) is 5.28. The van der Waals surface area contributed by atoms with Crippen LogP contribution in [-0.4, -0.2) is 19.2 Å². The van der Waals surface area contributed by atoms with E-state index < -0.39 is 0 Å². The quantitative estimate of drug-likeness (QED) is 0.741. The maximum Gasteiger partial charge on any atom is 0.351 e. The van der Waals surface area contributed by atoms with Crippen molar-refractivity contribution in [3.63, 3.8) is 0 Å². The first-order valence-corrected chi connectivity index (χ1v) is 5.65. The zero-order valence-electron chi connectivity index (χ0n) is 8.85. The van der Waals surface area contributed by atoms with E-state index in [1.807, 2.05) is 0 Å². The zero-order chi connectivity index (χ0) is 11.3. The number of rotatable bonds is 2.